The molecular weight excluding hydrogens is 258 g/mol. The Morgan fingerprint density at radius 1 is 1.14 bits per heavy atom. The number of hydrogen-bond acceptors (Lipinski definition) is 2. The van der Waals surface area contributed by atoms with Crippen LogP contribution in [0.2, 0.25) is 0 Å². The Kier molecular flexibility index (Phi) is 6.56. The molecular formula is C19H31NO. The Balaban J connectivity index is 2.10. The standard InChI is InChI=1S/C19H31NO/c1-4-6-15-7-8-17(14-20-5-2)19(13-15)16-9-11-18(21-3)12-10-16/h9-12,15,17,19-20H,4-8,13-14H2,1-3H3. The van der Waals surface area contributed by atoms with Crippen LogP contribution in [0.5, 0.6) is 5.75 Å². The molecule has 0 radical (unpaired) electrons. The zero-order valence-electron chi connectivity index (χ0n) is 13.9. The Bertz CT molecular complexity index is 401. The largest absolute Gasteiger partial charge is 0.497 e. The second kappa shape index (κ2) is 8.43. The lowest BCUT2D eigenvalue weighted by atomic mass is 9.70. The van der Waals surface area contributed by atoms with E-state index >= 15 is 0 Å². The molecule has 21 heavy (non-hydrogen) atoms. The van der Waals surface area contributed by atoms with Gasteiger partial charge in [0, 0.05) is 0 Å². The Morgan fingerprint density at radius 2 is 1.90 bits per heavy atom. The van der Waals surface area contributed by atoms with Crippen molar-refractivity contribution in [3.05, 3.63) is 29.8 Å². The predicted octanol–water partition coefficient (Wildman–Crippen LogP) is 4.60. The van der Waals surface area contributed by atoms with Crippen LogP contribution in [0.4, 0.5) is 0 Å². The molecule has 0 aromatic heterocycles. The van der Waals surface area contributed by atoms with Gasteiger partial charge in [0.25, 0.3) is 0 Å². The van der Waals surface area contributed by atoms with Crippen molar-refractivity contribution in [1.82, 2.24) is 5.32 Å². The van der Waals surface area contributed by atoms with Gasteiger partial charge in [-0.25, -0.2) is 0 Å². The third-order valence-electron chi connectivity index (χ3n) is 5.00. The molecule has 1 aliphatic rings. The van der Waals surface area contributed by atoms with Crippen LogP contribution in [0.15, 0.2) is 24.3 Å². The Morgan fingerprint density at radius 3 is 2.52 bits per heavy atom. The first-order chi connectivity index (χ1) is 10.3. The maximum Gasteiger partial charge on any atom is 0.118 e. The second-order valence-electron chi connectivity index (χ2n) is 6.42. The van der Waals surface area contributed by atoms with E-state index in [0.29, 0.717) is 5.92 Å². The molecule has 1 aliphatic carbocycles. The molecule has 2 nitrogen and oxygen atoms in total. The fraction of sp³-hybridized carbons (Fsp3) is 0.684. The van der Waals surface area contributed by atoms with E-state index in [1.54, 1.807) is 7.11 Å². The van der Waals surface area contributed by atoms with Crippen LogP contribution in [0.1, 0.15) is 57.4 Å². The summed E-state index contributed by atoms with van der Waals surface area (Å²) in [6, 6.07) is 8.78. The number of benzene rings is 1. The van der Waals surface area contributed by atoms with Crippen molar-refractivity contribution < 1.29 is 4.74 Å². The fourth-order valence-corrected chi connectivity index (χ4v) is 3.82. The zero-order chi connectivity index (χ0) is 15.1. The maximum atomic E-state index is 5.30. The van der Waals surface area contributed by atoms with E-state index < -0.39 is 0 Å². The quantitative estimate of drug-likeness (QED) is 0.791. The van der Waals surface area contributed by atoms with Gasteiger partial charge in [-0.05, 0) is 61.4 Å². The van der Waals surface area contributed by atoms with Crippen molar-refractivity contribution in [2.24, 2.45) is 11.8 Å². The molecule has 3 unspecified atom stereocenters. The van der Waals surface area contributed by atoms with E-state index in [4.69, 9.17) is 4.74 Å². The van der Waals surface area contributed by atoms with Crippen molar-refractivity contribution in [3.63, 3.8) is 0 Å². The molecule has 0 heterocycles. The second-order valence-corrected chi connectivity index (χ2v) is 6.42. The first kappa shape index (κ1) is 16.4. The molecule has 2 rings (SSSR count). The van der Waals surface area contributed by atoms with Crippen LogP contribution in [0.25, 0.3) is 0 Å². The van der Waals surface area contributed by atoms with Gasteiger partial charge in [0.15, 0.2) is 0 Å². The summed E-state index contributed by atoms with van der Waals surface area (Å²) in [4.78, 5) is 0. The lowest BCUT2D eigenvalue weighted by Gasteiger charge is -2.37. The van der Waals surface area contributed by atoms with Gasteiger partial charge in [-0.3, -0.25) is 0 Å². The van der Waals surface area contributed by atoms with E-state index in [1.165, 1.54) is 37.7 Å². The van der Waals surface area contributed by atoms with Crippen LogP contribution in [0.3, 0.4) is 0 Å². The molecule has 1 fully saturated rings. The van der Waals surface area contributed by atoms with E-state index in [9.17, 15) is 0 Å². The molecule has 1 saturated carbocycles. The smallest absolute Gasteiger partial charge is 0.118 e. The van der Waals surface area contributed by atoms with E-state index in [2.05, 4.69) is 43.4 Å². The van der Waals surface area contributed by atoms with Crippen LogP contribution in [0, 0.1) is 11.8 Å². The molecule has 1 N–H and O–H groups in total. The Labute approximate surface area is 130 Å². The lowest BCUT2D eigenvalue weighted by Crippen LogP contribution is -2.32. The molecule has 0 spiro atoms. The van der Waals surface area contributed by atoms with E-state index in [-0.39, 0.29) is 0 Å². The monoisotopic (exact) mass is 289 g/mol. The molecule has 0 aliphatic heterocycles. The average molecular weight is 289 g/mol. The summed E-state index contributed by atoms with van der Waals surface area (Å²) < 4.78 is 5.30. The van der Waals surface area contributed by atoms with Gasteiger partial charge in [-0.15, -0.1) is 0 Å². The number of ether oxygens (including phenoxy) is 1. The third-order valence-corrected chi connectivity index (χ3v) is 5.00. The van der Waals surface area contributed by atoms with Crippen molar-refractivity contribution in [2.75, 3.05) is 20.2 Å². The van der Waals surface area contributed by atoms with Gasteiger partial charge >= 0.3 is 0 Å². The number of nitrogens with one attached hydrogen (secondary N) is 1. The molecule has 1 aromatic rings. The highest BCUT2D eigenvalue weighted by Gasteiger charge is 2.30. The van der Waals surface area contributed by atoms with Crippen LogP contribution in [-0.2, 0) is 0 Å². The minimum atomic E-state index is 0.709. The van der Waals surface area contributed by atoms with Gasteiger partial charge < -0.3 is 10.1 Å². The molecule has 0 bridgehead atoms. The zero-order valence-corrected chi connectivity index (χ0v) is 13.9. The van der Waals surface area contributed by atoms with Crippen molar-refractivity contribution in [3.8, 4) is 5.75 Å². The number of rotatable bonds is 7. The highest BCUT2D eigenvalue weighted by molar-refractivity contribution is 5.30. The van der Waals surface area contributed by atoms with Gasteiger partial charge in [0.2, 0.25) is 0 Å². The first-order valence-corrected chi connectivity index (χ1v) is 8.63. The van der Waals surface area contributed by atoms with E-state index in [0.717, 1.165) is 30.7 Å². The van der Waals surface area contributed by atoms with Crippen molar-refractivity contribution >= 4 is 0 Å². The van der Waals surface area contributed by atoms with E-state index in [1.807, 2.05) is 0 Å². The first-order valence-electron chi connectivity index (χ1n) is 8.63. The van der Waals surface area contributed by atoms with Gasteiger partial charge in [-0.2, -0.15) is 0 Å². The summed E-state index contributed by atoms with van der Waals surface area (Å²) in [5.74, 6) is 3.37. The third kappa shape index (κ3) is 4.47. The fourth-order valence-electron chi connectivity index (χ4n) is 3.82. The summed E-state index contributed by atoms with van der Waals surface area (Å²) in [7, 11) is 1.74. The average Bonchev–Trinajstić information content (AvgIpc) is 2.54. The summed E-state index contributed by atoms with van der Waals surface area (Å²) in [6.45, 7) is 6.74. The highest BCUT2D eigenvalue weighted by atomic mass is 16.5. The normalized spacial score (nSPS) is 25.8. The highest BCUT2D eigenvalue weighted by Crippen LogP contribution is 2.42. The molecule has 1 aromatic carbocycles. The van der Waals surface area contributed by atoms with Gasteiger partial charge in [-0.1, -0.05) is 45.2 Å². The summed E-state index contributed by atoms with van der Waals surface area (Å²) in [6.07, 6.45) is 6.85. The predicted molar refractivity (Wildman–Crippen MR) is 90.0 cm³/mol. The van der Waals surface area contributed by atoms with Crippen molar-refractivity contribution in [2.45, 2.75) is 51.9 Å². The molecule has 3 atom stereocenters. The minimum absolute atomic E-state index is 0.709. The minimum Gasteiger partial charge on any atom is -0.497 e. The van der Waals surface area contributed by atoms with Crippen molar-refractivity contribution in [1.29, 1.82) is 0 Å². The molecule has 2 heteroatoms. The van der Waals surface area contributed by atoms with Crippen LogP contribution in [-0.4, -0.2) is 20.2 Å². The van der Waals surface area contributed by atoms with Crippen LogP contribution >= 0.6 is 0 Å². The lowest BCUT2D eigenvalue weighted by molar-refractivity contribution is 0.221. The van der Waals surface area contributed by atoms with Crippen LogP contribution < -0.4 is 10.1 Å². The number of methoxy groups -OCH3 is 1. The summed E-state index contributed by atoms with van der Waals surface area (Å²) >= 11 is 0. The Hall–Kier alpha value is -1.02. The van der Waals surface area contributed by atoms with Gasteiger partial charge in [0.1, 0.15) is 5.75 Å². The topological polar surface area (TPSA) is 21.3 Å². The number of hydrogen-bond donors (Lipinski definition) is 1. The summed E-state index contributed by atoms with van der Waals surface area (Å²) in [5.41, 5.74) is 1.50. The molecule has 0 saturated heterocycles. The molecule has 0 amide bonds. The van der Waals surface area contributed by atoms with Gasteiger partial charge in [0.05, 0.1) is 7.11 Å². The molecule has 118 valence electrons. The SMILES string of the molecule is CCCC1CCC(CNCC)C(c2ccc(OC)cc2)C1. The maximum absolute atomic E-state index is 5.30. The summed E-state index contributed by atoms with van der Waals surface area (Å²) in [5, 5.41) is 3.56.